The minimum absolute atomic E-state index is 0. The fourth-order valence-electron chi connectivity index (χ4n) is 2.75. The van der Waals surface area contributed by atoms with Crippen molar-refractivity contribution in [2.24, 2.45) is 5.92 Å². The van der Waals surface area contributed by atoms with Crippen molar-refractivity contribution in [1.82, 2.24) is 5.32 Å². The Kier molecular flexibility index (Phi) is 8.02. The number of piperidine rings is 1. The molecule has 1 aliphatic heterocycles. The molecule has 2 rings (SSSR count). The molecule has 2 atom stereocenters. The molecule has 0 bridgehead atoms. The van der Waals surface area contributed by atoms with Gasteiger partial charge >= 0.3 is 6.18 Å². The molecule has 1 aliphatic rings. The van der Waals surface area contributed by atoms with E-state index >= 15 is 0 Å². The molecule has 1 saturated heterocycles. The van der Waals surface area contributed by atoms with Crippen LogP contribution in [-0.4, -0.2) is 25.1 Å². The van der Waals surface area contributed by atoms with Gasteiger partial charge in [-0.05, 0) is 50.9 Å². The first-order chi connectivity index (χ1) is 11.3. The van der Waals surface area contributed by atoms with Gasteiger partial charge in [-0.15, -0.1) is 12.4 Å². The van der Waals surface area contributed by atoms with Crippen LogP contribution >= 0.6 is 12.4 Å². The highest BCUT2D eigenvalue weighted by atomic mass is 35.5. The van der Waals surface area contributed by atoms with Gasteiger partial charge in [-0.1, -0.05) is 6.92 Å². The van der Waals surface area contributed by atoms with Gasteiger partial charge < -0.3 is 15.4 Å². The summed E-state index contributed by atoms with van der Waals surface area (Å²) in [6, 6.07) is 3.38. The normalized spacial score (nSPS) is 20.5. The Morgan fingerprint density at radius 3 is 2.72 bits per heavy atom. The van der Waals surface area contributed by atoms with Crippen LogP contribution in [0, 0.1) is 5.92 Å². The third kappa shape index (κ3) is 6.08. The third-order valence-corrected chi connectivity index (χ3v) is 4.02. The summed E-state index contributed by atoms with van der Waals surface area (Å²) in [6.07, 6.45) is -2.41. The summed E-state index contributed by atoms with van der Waals surface area (Å²) in [5, 5.41) is 5.88. The van der Waals surface area contributed by atoms with E-state index in [0.717, 1.165) is 25.1 Å². The van der Waals surface area contributed by atoms with Crippen LogP contribution in [0.4, 0.5) is 18.9 Å². The van der Waals surface area contributed by atoms with Crippen LogP contribution in [0.5, 0.6) is 5.75 Å². The zero-order chi connectivity index (χ0) is 17.7. The first kappa shape index (κ1) is 21.6. The molecule has 142 valence electrons. The molecule has 1 amide bonds. The first-order valence-electron chi connectivity index (χ1n) is 8.19. The van der Waals surface area contributed by atoms with E-state index in [1.165, 1.54) is 6.07 Å². The maximum Gasteiger partial charge on any atom is 0.416 e. The van der Waals surface area contributed by atoms with E-state index in [1.54, 1.807) is 0 Å². The lowest BCUT2D eigenvalue weighted by atomic mass is 9.92. The Morgan fingerprint density at radius 2 is 2.12 bits per heavy atom. The largest absolute Gasteiger partial charge is 0.491 e. The van der Waals surface area contributed by atoms with Gasteiger partial charge in [0.25, 0.3) is 0 Å². The number of rotatable bonds is 5. The lowest BCUT2D eigenvalue weighted by Crippen LogP contribution is -2.40. The van der Waals surface area contributed by atoms with E-state index in [1.807, 2.05) is 13.8 Å². The van der Waals surface area contributed by atoms with Gasteiger partial charge in [0, 0.05) is 12.0 Å². The fourth-order valence-corrected chi connectivity index (χ4v) is 2.75. The number of halogens is 4. The Bertz CT molecular complexity index is 582. The summed E-state index contributed by atoms with van der Waals surface area (Å²) in [7, 11) is 0. The Balaban J connectivity index is 0.00000312. The number of hydrogen-bond donors (Lipinski definition) is 2. The molecule has 0 radical (unpaired) electrons. The van der Waals surface area contributed by atoms with Crippen LogP contribution in [-0.2, 0) is 11.0 Å². The minimum atomic E-state index is -4.47. The lowest BCUT2D eigenvalue weighted by molar-refractivity contribution is -0.137. The number of carbonyl (C=O) groups is 1. The van der Waals surface area contributed by atoms with Gasteiger partial charge in [-0.2, -0.15) is 13.2 Å². The van der Waals surface area contributed by atoms with Gasteiger partial charge in [-0.25, -0.2) is 0 Å². The molecule has 1 aromatic carbocycles. The average molecular weight is 381 g/mol. The smallest absolute Gasteiger partial charge is 0.416 e. The number of alkyl halides is 3. The molecule has 25 heavy (non-hydrogen) atoms. The molecule has 2 N–H and O–H groups in total. The van der Waals surface area contributed by atoms with Crippen LogP contribution in [0.25, 0.3) is 0 Å². The van der Waals surface area contributed by atoms with Crippen molar-refractivity contribution >= 4 is 24.0 Å². The highest BCUT2D eigenvalue weighted by Gasteiger charge is 2.32. The number of anilines is 1. The highest BCUT2D eigenvalue weighted by molar-refractivity contribution is 5.94. The summed E-state index contributed by atoms with van der Waals surface area (Å²) in [5.74, 6) is -0.209. The van der Waals surface area contributed by atoms with Crippen molar-refractivity contribution in [2.45, 2.75) is 45.3 Å². The third-order valence-electron chi connectivity index (χ3n) is 4.02. The number of amides is 1. The second-order valence-corrected chi connectivity index (χ2v) is 6.12. The SMILES string of the molecule is CCCOc1ccc(C(F)(F)F)cc1NC(=O)[C@H]1CCN[C@@H](C)C1.Cl. The summed E-state index contributed by atoms with van der Waals surface area (Å²) in [4.78, 5) is 12.4. The van der Waals surface area contributed by atoms with Crippen molar-refractivity contribution < 1.29 is 22.7 Å². The van der Waals surface area contributed by atoms with Crippen molar-refractivity contribution in [3.8, 4) is 5.75 Å². The number of carbonyl (C=O) groups excluding carboxylic acids is 1. The van der Waals surface area contributed by atoms with Gasteiger partial charge in [0.1, 0.15) is 5.75 Å². The standard InChI is InChI=1S/C17H23F3N2O2.ClH/c1-3-8-24-15-5-4-13(17(18,19)20)10-14(15)22-16(23)12-6-7-21-11(2)9-12;/h4-5,10-12,21H,3,6-9H2,1-2H3,(H,22,23);1H/t11-,12-;/m0./s1. The minimum Gasteiger partial charge on any atom is -0.491 e. The van der Waals surface area contributed by atoms with E-state index < -0.39 is 11.7 Å². The van der Waals surface area contributed by atoms with Crippen molar-refractivity contribution in [1.29, 1.82) is 0 Å². The molecule has 0 spiro atoms. The molecular formula is C17H24ClF3N2O2. The van der Waals surface area contributed by atoms with Crippen LogP contribution < -0.4 is 15.4 Å². The van der Waals surface area contributed by atoms with E-state index in [-0.39, 0.29) is 41.7 Å². The van der Waals surface area contributed by atoms with E-state index in [0.29, 0.717) is 19.4 Å². The zero-order valence-electron chi connectivity index (χ0n) is 14.3. The maximum atomic E-state index is 12.9. The monoisotopic (exact) mass is 380 g/mol. The fraction of sp³-hybridized carbons (Fsp3) is 0.588. The molecular weight excluding hydrogens is 357 g/mol. The van der Waals surface area contributed by atoms with E-state index in [2.05, 4.69) is 10.6 Å². The zero-order valence-corrected chi connectivity index (χ0v) is 15.1. The van der Waals surface area contributed by atoms with Crippen LogP contribution in [0.3, 0.4) is 0 Å². The molecule has 0 saturated carbocycles. The second-order valence-electron chi connectivity index (χ2n) is 6.12. The van der Waals surface area contributed by atoms with Gasteiger partial charge in [0.2, 0.25) is 5.91 Å². The molecule has 1 heterocycles. The predicted molar refractivity (Wildman–Crippen MR) is 93.3 cm³/mol. The Hall–Kier alpha value is -1.47. The molecule has 0 unspecified atom stereocenters. The van der Waals surface area contributed by atoms with E-state index in [9.17, 15) is 18.0 Å². The maximum absolute atomic E-state index is 12.9. The summed E-state index contributed by atoms with van der Waals surface area (Å²) in [5.41, 5.74) is -0.727. The molecule has 8 heteroatoms. The number of hydrogen-bond acceptors (Lipinski definition) is 3. The number of nitrogens with one attached hydrogen (secondary N) is 2. The van der Waals surface area contributed by atoms with Crippen LogP contribution in [0.15, 0.2) is 18.2 Å². The topological polar surface area (TPSA) is 50.4 Å². The van der Waals surface area contributed by atoms with E-state index in [4.69, 9.17) is 4.74 Å². The molecule has 0 aliphatic carbocycles. The molecule has 4 nitrogen and oxygen atoms in total. The Morgan fingerprint density at radius 1 is 1.40 bits per heavy atom. The van der Waals surface area contributed by atoms with Gasteiger partial charge in [0.05, 0.1) is 17.9 Å². The quantitative estimate of drug-likeness (QED) is 0.803. The van der Waals surface area contributed by atoms with Crippen molar-refractivity contribution in [3.63, 3.8) is 0 Å². The Labute approximate surface area is 151 Å². The molecule has 0 aromatic heterocycles. The first-order valence-corrected chi connectivity index (χ1v) is 8.19. The average Bonchev–Trinajstić information content (AvgIpc) is 2.52. The van der Waals surface area contributed by atoms with Crippen molar-refractivity contribution in [3.05, 3.63) is 23.8 Å². The highest BCUT2D eigenvalue weighted by Crippen LogP contribution is 2.35. The lowest BCUT2D eigenvalue weighted by Gasteiger charge is -2.27. The summed E-state index contributed by atoms with van der Waals surface area (Å²) in [6.45, 7) is 4.98. The molecule has 1 aromatic rings. The van der Waals surface area contributed by atoms with Gasteiger partial charge in [0.15, 0.2) is 0 Å². The van der Waals surface area contributed by atoms with Crippen LogP contribution in [0.1, 0.15) is 38.7 Å². The van der Waals surface area contributed by atoms with Crippen LogP contribution in [0.2, 0.25) is 0 Å². The predicted octanol–water partition coefficient (Wildman–Crippen LogP) is 4.24. The molecule has 1 fully saturated rings. The second kappa shape index (κ2) is 9.29. The number of benzene rings is 1. The summed E-state index contributed by atoms with van der Waals surface area (Å²) >= 11 is 0. The van der Waals surface area contributed by atoms with Crippen molar-refractivity contribution in [2.75, 3.05) is 18.5 Å². The van der Waals surface area contributed by atoms with Gasteiger partial charge in [-0.3, -0.25) is 4.79 Å². The number of ether oxygens (including phenoxy) is 1. The summed E-state index contributed by atoms with van der Waals surface area (Å²) < 4.78 is 44.3.